The third-order valence-electron chi connectivity index (χ3n) is 4.56. The minimum Gasteiger partial charge on any atom is -0.488 e. The number of hydrogen-bond donors (Lipinski definition) is 0. The molecule has 2 amide bonds. The number of halogens is 1. The average Bonchev–Trinajstić information content (AvgIpc) is 3.01. The number of benzene rings is 3. The van der Waals surface area contributed by atoms with Crippen molar-refractivity contribution in [3.8, 4) is 5.75 Å². The Morgan fingerprint density at radius 1 is 1.00 bits per heavy atom. The standard InChI is InChI=1S/C24H18ClNO3S/c1-16-5-4-6-17(13-16)15-29-21-8-3-2-7-18(21)14-22-23(27)26(24(28)30-22)20-11-9-19(25)10-12-20/h2-14H,15H2,1H3/b22-14-. The average molecular weight is 436 g/mol. The third-order valence-corrected chi connectivity index (χ3v) is 5.68. The van der Waals surface area contributed by atoms with E-state index in [2.05, 4.69) is 6.07 Å². The first-order valence-electron chi connectivity index (χ1n) is 9.32. The summed E-state index contributed by atoms with van der Waals surface area (Å²) in [5.41, 5.74) is 3.47. The number of amides is 2. The predicted octanol–water partition coefficient (Wildman–Crippen LogP) is 6.47. The molecule has 0 saturated carbocycles. The number of imide groups is 1. The number of para-hydroxylation sites is 1. The second-order valence-corrected chi connectivity index (χ2v) is 8.24. The highest BCUT2D eigenvalue weighted by Gasteiger charge is 2.36. The van der Waals surface area contributed by atoms with Gasteiger partial charge in [-0.3, -0.25) is 9.59 Å². The number of nitrogens with zero attached hydrogens (tertiary/aromatic N) is 1. The molecule has 0 aliphatic carbocycles. The third kappa shape index (κ3) is 4.42. The Morgan fingerprint density at radius 2 is 1.77 bits per heavy atom. The van der Waals surface area contributed by atoms with Crippen LogP contribution in [0.2, 0.25) is 5.02 Å². The zero-order valence-electron chi connectivity index (χ0n) is 16.2. The molecule has 0 unspecified atom stereocenters. The highest BCUT2D eigenvalue weighted by Crippen LogP contribution is 2.37. The Morgan fingerprint density at radius 3 is 2.53 bits per heavy atom. The van der Waals surface area contributed by atoms with E-state index in [1.165, 1.54) is 5.56 Å². The first-order valence-corrected chi connectivity index (χ1v) is 10.5. The maximum absolute atomic E-state index is 12.9. The fourth-order valence-electron chi connectivity index (χ4n) is 3.12. The van der Waals surface area contributed by atoms with Gasteiger partial charge >= 0.3 is 0 Å². The topological polar surface area (TPSA) is 46.6 Å². The molecule has 0 spiro atoms. The second-order valence-electron chi connectivity index (χ2n) is 6.81. The van der Waals surface area contributed by atoms with Gasteiger partial charge in [0.1, 0.15) is 12.4 Å². The Hall–Kier alpha value is -3.02. The van der Waals surface area contributed by atoms with Crippen LogP contribution < -0.4 is 9.64 Å². The molecule has 6 heteroatoms. The van der Waals surface area contributed by atoms with E-state index < -0.39 is 0 Å². The van der Waals surface area contributed by atoms with Crippen LogP contribution in [0.1, 0.15) is 16.7 Å². The van der Waals surface area contributed by atoms with Crippen molar-refractivity contribution in [3.05, 3.63) is 99.4 Å². The van der Waals surface area contributed by atoms with Crippen molar-refractivity contribution < 1.29 is 14.3 Å². The van der Waals surface area contributed by atoms with Crippen LogP contribution in [-0.4, -0.2) is 11.1 Å². The lowest BCUT2D eigenvalue weighted by Gasteiger charge is -2.12. The quantitative estimate of drug-likeness (QED) is 0.431. The molecule has 30 heavy (non-hydrogen) atoms. The number of thioether (sulfide) groups is 1. The summed E-state index contributed by atoms with van der Waals surface area (Å²) in [6.07, 6.45) is 1.70. The van der Waals surface area contributed by atoms with Gasteiger partial charge in [0.2, 0.25) is 0 Å². The molecule has 4 rings (SSSR count). The minimum absolute atomic E-state index is 0.341. The maximum atomic E-state index is 12.9. The molecule has 150 valence electrons. The van der Waals surface area contributed by atoms with Gasteiger partial charge in [0, 0.05) is 10.6 Å². The number of anilines is 1. The molecule has 0 N–H and O–H groups in total. The lowest BCUT2D eigenvalue weighted by atomic mass is 10.1. The summed E-state index contributed by atoms with van der Waals surface area (Å²) in [6, 6.07) is 22.2. The molecule has 1 aliphatic heterocycles. The van der Waals surface area contributed by atoms with Crippen molar-refractivity contribution in [2.75, 3.05) is 4.90 Å². The van der Waals surface area contributed by atoms with Crippen LogP contribution in [0.25, 0.3) is 6.08 Å². The van der Waals surface area contributed by atoms with Crippen LogP contribution >= 0.6 is 23.4 Å². The summed E-state index contributed by atoms with van der Waals surface area (Å²) in [7, 11) is 0. The van der Waals surface area contributed by atoms with Crippen LogP contribution in [0, 0.1) is 6.92 Å². The zero-order chi connectivity index (χ0) is 21.1. The summed E-state index contributed by atoms with van der Waals surface area (Å²) in [5, 5.41) is 0.202. The lowest BCUT2D eigenvalue weighted by molar-refractivity contribution is -0.113. The molecule has 0 radical (unpaired) electrons. The van der Waals surface area contributed by atoms with E-state index in [-0.39, 0.29) is 11.1 Å². The highest BCUT2D eigenvalue weighted by molar-refractivity contribution is 8.19. The Balaban J connectivity index is 1.57. The number of carbonyl (C=O) groups is 2. The van der Waals surface area contributed by atoms with Crippen molar-refractivity contribution >= 4 is 46.3 Å². The Kier molecular flexibility index (Phi) is 5.93. The first kappa shape index (κ1) is 20.3. The van der Waals surface area contributed by atoms with E-state index in [0.717, 1.165) is 27.8 Å². The van der Waals surface area contributed by atoms with Gasteiger partial charge in [0.05, 0.1) is 10.6 Å². The van der Waals surface area contributed by atoms with Gasteiger partial charge in [-0.1, -0.05) is 59.6 Å². The van der Waals surface area contributed by atoms with Crippen molar-refractivity contribution in [2.24, 2.45) is 0 Å². The lowest BCUT2D eigenvalue weighted by Crippen LogP contribution is -2.27. The van der Waals surface area contributed by atoms with Crippen LogP contribution in [0.15, 0.2) is 77.7 Å². The molecule has 0 aromatic heterocycles. The number of aryl methyl sites for hydroxylation is 1. The summed E-state index contributed by atoms with van der Waals surface area (Å²) in [4.78, 5) is 26.8. The Labute approximate surface area is 184 Å². The molecular weight excluding hydrogens is 418 g/mol. The van der Waals surface area contributed by atoms with Gasteiger partial charge in [0.25, 0.3) is 11.1 Å². The van der Waals surface area contributed by atoms with E-state index in [1.54, 1.807) is 30.3 Å². The fourth-order valence-corrected chi connectivity index (χ4v) is 4.07. The fraction of sp³-hybridized carbons (Fsp3) is 0.0833. The summed E-state index contributed by atoms with van der Waals surface area (Å²) >= 11 is 6.82. The minimum atomic E-state index is -0.360. The molecule has 1 aliphatic rings. The van der Waals surface area contributed by atoms with E-state index in [4.69, 9.17) is 16.3 Å². The second kappa shape index (κ2) is 8.78. The van der Waals surface area contributed by atoms with E-state index in [9.17, 15) is 9.59 Å². The first-order chi connectivity index (χ1) is 14.5. The van der Waals surface area contributed by atoms with Gasteiger partial charge in [-0.05, 0) is 60.7 Å². The number of ether oxygens (including phenoxy) is 1. The van der Waals surface area contributed by atoms with Crippen LogP contribution in [0.3, 0.4) is 0 Å². The monoisotopic (exact) mass is 435 g/mol. The summed E-state index contributed by atoms with van der Waals surface area (Å²) in [6.45, 7) is 2.45. The molecule has 1 saturated heterocycles. The van der Waals surface area contributed by atoms with Crippen molar-refractivity contribution in [3.63, 3.8) is 0 Å². The van der Waals surface area contributed by atoms with Gasteiger partial charge in [0.15, 0.2) is 0 Å². The van der Waals surface area contributed by atoms with Gasteiger partial charge in [-0.2, -0.15) is 0 Å². The van der Waals surface area contributed by atoms with E-state index in [0.29, 0.717) is 28.0 Å². The Bertz CT molecular complexity index is 1140. The van der Waals surface area contributed by atoms with Crippen LogP contribution in [0.5, 0.6) is 5.75 Å². The SMILES string of the molecule is Cc1cccc(COc2ccccc2/C=C2\SC(=O)N(c3ccc(Cl)cc3)C2=O)c1. The molecule has 0 bridgehead atoms. The highest BCUT2D eigenvalue weighted by atomic mass is 35.5. The largest absolute Gasteiger partial charge is 0.488 e. The predicted molar refractivity (Wildman–Crippen MR) is 122 cm³/mol. The van der Waals surface area contributed by atoms with Crippen molar-refractivity contribution in [1.82, 2.24) is 0 Å². The smallest absolute Gasteiger partial charge is 0.298 e. The molecule has 1 heterocycles. The van der Waals surface area contributed by atoms with Gasteiger partial charge in [-0.25, -0.2) is 4.90 Å². The van der Waals surface area contributed by atoms with Gasteiger partial charge in [-0.15, -0.1) is 0 Å². The number of carbonyl (C=O) groups excluding carboxylic acids is 2. The molecule has 3 aromatic carbocycles. The molecule has 4 nitrogen and oxygen atoms in total. The maximum Gasteiger partial charge on any atom is 0.298 e. The number of hydrogen-bond acceptors (Lipinski definition) is 4. The van der Waals surface area contributed by atoms with E-state index >= 15 is 0 Å². The molecule has 0 atom stereocenters. The van der Waals surface area contributed by atoms with Gasteiger partial charge < -0.3 is 4.74 Å². The molecule has 3 aromatic rings. The molecule has 1 fully saturated rings. The normalized spacial score (nSPS) is 15.1. The number of rotatable bonds is 5. The zero-order valence-corrected chi connectivity index (χ0v) is 17.7. The van der Waals surface area contributed by atoms with Crippen LogP contribution in [0.4, 0.5) is 10.5 Å². The van der Waals surface area contributed by atoms with E-state index in [1.807, 2.05) is 49.4 Å². The van der Waals surface area contributed by atoms with Crippen LogP contribution in [-0.2, 0) is 11.4 Å². The summed E-state index contributed by atoms with van der Waals surface area (Å²) in [5.74, 6) is 0.290. The van der Waals surface area contributed by atoms with Crippen molar-refractivity contribution in [1.29, 1.82) is 0 Å². The van der Waals surface area contributed by atoms with Crippen molar-refractivity contribution in [2.45, 2.75) is 13.5 Å². The summed E-state index contributed by atoms with van der Waals surface area (Å²) < 4.78 is 6.00. The molecular formula is C24H18ClNO3S.